The summed E-state index contributed by atoms with van der Waals surface area (Å²) in [4.78, 5) is 15.7. The van der Waals surface area contributed by atoms with Crippen molar-refractivity contribution in [3.05, 3.63) is 45.8 Å². The molecule has 2 rings (SSSR count). The second-order valence-electron chi connectivity index (χ2n) is 3.75. The van der Waals surface area contributed by atoms with E-state index in [9.17, 15) is 4.79 Å². The molecule has 0 atom stereocenters. The maximum atomic E-state index is 11.5. The molecule has 1 aromatic carbocycles. The summed E-state index contributed by atoms with van der Waals surface area (Å²) < 4.78 is 10.7. The lowest BCUT2D eigenvalue weighted by molar-refractivity contribution is 0.0593. The van der Waals surface area contributed by atoms with E-state index in [-0.39, 0.29) is 0 Å². The van der Waals surface area contributed by atoms with E-state index in [4.69, 9.17) is 4.74 Å². The Labute approximate surface area is 124 Å². The lowest BCUT2D eigenvalue weighted by Crippen LogP contribution is -2.06. The number of rotatable bonds is 3. The van der Waals surface area contributed by atoms with Crippen LogP contribution >= 0.6 is 22.6 Å². The first-order valence-corrected chi connectivity index (χ1v) is 6.62. The zero-order chi connectivity index (χ0) is 13.8. The molecule has 0 saturated heterocycles. The highest BCUT2D eigenvalue weighted by atomic mass is 127. The van der Waals surface area contributed by atoms with Crippen molar-refractivity contribution in [2.24, 2.45) is 0 Å². The van der Waals surface area contributed by atoms with Crippen LogP contribution in [-0.4, -0.2) is 25.2 Å². The van der Waals surface area contributed by atoms with Crippen LogP contribution in [0.15, 0.2) is 36.5 Å². The summed E-state index contributed by atoms with van der Waals surface area (Å²) in [6.07, 6.45) is 1.65. The van der Waals surface area contributed by atoms with Crippen LogP contribution in [0.25, 0.3) is 11.1 Å². The zero-order valence-corrected chi connectivity index (χ0v) is 12.7. The normalized spacial score (nSPS) is 10.1. The van der Waals surface area contributed by atoms with E-state index in [0.29, 0.717) is 5.69 Å². The van der Waals surface area contributed by atoms with Crippen molar-refractivity contribution in [1.82, 2.24) is 4.98 Å². The van der Waals surface area contributed by atoms with Crippen LogP contribution in [0.4, 0.5) is 0 Å². The molecule has 0 bridgehead atoms. The molecule has 0 fully saturated rings. The van der Waals surface area contributed by atoms with Gasteiger partial charge in [-0.15, -0.1) is 0 Å². The molecule has 0 aliphatic carbocycles. The summed E-state index contributed by atoms with van der Waals surface area (Å²) in [6, 6.07) is 9.56. The highest BCUT2D eigenvalue weighted by Crippen LogP contribution is 2.30. The Morgan fingerprint density at radius 2 is 2.00 bits per heavy atom. The fourth-order valence-corrected chi connectivity index (χ4v) is 2.41. The van der Waals surface area contributed by atoms with E-state index in [0.717, 1.165) is 20.4 Å². The third kappa shape index (κ3) is 2.86. The molecule has 0 spiro atoms. The number of hydrogen-bond donors (Lipinski definition) is 0. The Hall–Kier alpha value is -1.63. The van der Waals surface area contributed by atoms with E-state index in [1.54, 1.807) is 13.3 Å². The van der Waals surface area contributed by atoms with Crippen LogP contribution < -0.4 is 4.74 Å². The Bertz CT molecular complexity index is 613. The number of carbonyl (C=O) groups excluding carboxylic acids is 1. The molecule has 98 valence electrons. The number of pyridine rings is 1. The standard InChI is InChI=1S/C14H12INO3/c1-18-12-6-4-3-5-10(12)9-7-11(15)13(16-8-9)14(17)19-2/h3-8H,1-2H3. The van der Waals surface area contributed by atoms with Gasteiger partial charge in [-0.05, 0) is 34.7 Å². The van der Waals surface area contributed by atoms with Crippen LogP contribution in [0.1, 0.15) is 10.5 Å². The molecule has 1 heterocycles. The second kappa shape index (κ2) is 6.01. The predicted molar refractivity (Wildman–Crippen MR) is 80.3 cm³/mol. The molecule has 5 heteroatoms. The summed E-state index contributed by atoms with van der Waals surface area (Å²) in [7, 11) is 2.97. The first kappa shape index (κ1) is 13.8. The van der Waals surface area contributed by atoms with Crippen LogP contribution in [0.5, 0.6) is 5.75 Å². The lowest BCUT2D eigenvalue weighted by Gasteiger charge is -2.09. The topological polar surface area (TPSA) is 48.4 Å². The molecular formula is C14H12INO3. The smallest absolute Gasteiger partial charge is 0.357 e. The number of hydrogen-bond acceptors (Lipinski definition) is 4. The molecule has 19 heavy (non-hydrogen) atoms. The number of carbonyl (C=O) groups is 1. The van der Waals surface area contributed by atoms with Gasteiger partial charge in [-0.1, -0.05) is 18.2 Å². The highest BCUT2D eigenvalue weighted by molar-refractivity contribution is 14.1. The molecule has 0 amide bonds. The summed E-state index contributed by atoms with van der Waals surface area (Å²) in [6.45, 7) is 0. The third-order valence-electron chi connectivity index (χ3n) is 2.64. The molecule has 0 unspecified atom stereocenters. The largest absolute Gasteiger partial charge is 0.496 e. The quantitative estimate of drug-likeness (QED) is 0.616. The Kier molecular flexibility index (Phi) is 4.36. The van der Waals surface area contributed by atoms with Gasteiger partial charge < -0.3 is 9.47 Å². The number of nitrogens with zero attached hydrogens (tertiary/aromatic N) is 1. The van der Waals surface area contributed by atoms with Crippen molar-refractivity contribution in [3.63, 3.8) is 0 Å². The molecule has 0 N–H and O–H groups in total. The minimum Gasteiger partial charge on any atom is -0.496 e. The molecule has 2 aromatic rings. The lowest BCUT2D eigenvalue weighted by atomic mass is 10.1. The molecule has 1 aromatic heterocycles. The minimum absolute atomic E-state index is 0.321. The average molecular weight is 369 g/mol. The van der Waals surface area contributed by atoms with Crippen molar-refractivity contribution < 1.29 is 14.3 Å². The van der Waals surface area contributed by atoms with Crippen molar-refractivity contribution in [1.29, 1.82) is 0 Å². The third-order valence-corrected chi connectivity index (χ3v) is 3.46. The number of esters is 1. The number of methoxy groups -OCH3 is 2. The van der Waals surface area contributed by atoms with Gasteiger partial charge in [0.2, 0.25) is 0 Å². The number of benzene rings is 1. The fourth-order valence-electron chi connectivity index (χ4n) is 1.72. The molecular weight excluding hydrogens is 357 g/mol. The number of aromatic nitrogens is 1. The summed E-state index contributed by atoms with van der Waals surface area (Å²) in [5, 5.41) is 0. The van der Waals surface area contributed by atoms with E-state index in [1.807, 2.05) is 30.3 Å². The van der Waals surface area contributed by atoms with Gasteiger partial charge in [0.25, 0.3) is 0 Å². The summed E-state index contributed by atoms with van der Waals surface area (Å²) in [5.74, 6) is 0.335. The van der Waals surface area contributed by atoms with E-state index in [2.05, 4.69) is 32.3 Å². The van der Waals surface area contributed by atoms with E-state index < -0.39 is 5.97 Å². The molecule has 0 radical (unpaired) electrons. The zero-order valence-electron chi connectivity index (χ0n) is 10.5. The van der Waals surface area contributed by atoms with E-state index in [1.165, 1.54) is 7.11 Å². The monoisotopic (exact) mass is 369 g/mol. The van der Waals surface area contributed by atoms with Crippen molar-refractivity contribution in [3.8, 4) is 16.9 Å². The SMILES string of the molecule is COC(=O)c1ncc(-c2ccccc2OC)cc1I. The number of para-hydroxylation sites is 1. The summed E-state index contributed by atoms with van der Waals surface area (Å²) in [5.41, 5.74) is 2.16. The van der Waals surface area contributed by atoms with Gasteiger partial charge in [0.1, 0.15) is 5.75 Å². The summed E-state index contributed by atoms with van der Waals surface area (Å²) >= 11 is 2.07. The maximum Gasteiger partial charge on any atom is 0.357 e. The Morgan fingerprint density at radius 3 is 2.63 bits per heavy atom. The average Bonchev–Trinajstić information content (AvgIpc) is 2.46. The molecule has 4 nitrogen and oxygen atoms in total. The van der Waals surface area contributed by atoms with Crippen LogP contribution in [-0.2, 0) is 4.74 Å². The molecule has 0 aliphatic rings. The van der Waals surface area contributed by atoms with Gasteiger partial charge in [-0.2, -0.15) is 0 Å². The number of ether oxygens (including phenoxy) is 2. The second-order valence-corrected chi connectivity index (χ2v) is 4.91. The van der Waals surface area contributed by atoms with Crippen LogP contribution in [0.2, 0.25) is 0 Å². The van der Waals surface area contributed by atoms with Crippen molar-refractivity contribution >= 4 is 28.6 Å². The van der Waals surface area contributed by atoms with Gasteiger partial charge in [0.05, 0.1) is 14.2 Å². The predicted octanol–water partition coefficient (Wildman–Crippen LogP) is 3.15. The Balaban J connectivity index is 2.47. The van der Waals surface area contributed by atoms with E-state index >= 15 is 0 Å². The first-order valence-electron chi connectivity index (χ1n) is 5.54. The highest BCUT2D eigenvalue weighted by Gasteiger charge is 2.14. The first-order chi connectivity index (χ1) is 9.17. The van der Waals surface area contributed by atoms with Crippen LogP contribution in [0.3, 0.4) is 0 Å². The van der Waals surface area contributed by atoms with Gasteiger partial charge in [-0.3, -0.25) is 0 Å². The van der Waals surface area contributed by atoms with Crippen molar-refractivity contribution in [2.75, 3.05) is 14.2 Å². The molecule has 0 saturated carbocycles. The van der Waals surface area contributed by atoms with Crippen LogP contribution in [0, 0.1) is 3.57 Å². The molecule has 0 aliphatic heterocycles. The van der Waals surface area contributed by atoms with Gasteiger partial charge >= 0.3 is 5.97 Å². The maximum absolute atomic E-state index is 11.5. The van der Waals surface area contributed by atoms with Gasteiger partial charge in [0.15, 0.2) is 5.69 Å². The minimum atomic E-state index is -0.434. The fraction of sp³-hybridized carbons (Fsp3) is 0.143. The van der Waals surface area contributed by atoms with Gasteiger partial charge in [0, 0.05) is 20.9 Å². The van der Waals surface area contributed by atoms with Crippen molar-refractivity contribution in [2.45, 2.75) is 0 Å². The number of halogens is 1. The Morgan fingerprint density at radius 1 is 1.26 bits per heavy atom. The van der Waals surface area contributed by atoms with Gasteiger partial charge in [-0.25, -0.2) is 9.78 Å².